The van der Waals surface area contributed by atoms with Gasteiger partial charge in [0.2, 0.25) is 29.5 Å². The van der Waals surface area contributed by atoms with E-state index in [9.17, 15) is 24.0 Å². The van der Waals surface area contributed by atoms with Crippen molar-refractivity contribution >= 4 is 29.5 Å². The highest BCUT2D eigenvalue weighted by Gasteiger charge is 2.39. The maximum absolute atomic E-state index is 12.6. The van der Waals surface area contributed by atoms with Crippen molar-refractivity contribution < 1.29 is 33.4 Å². The lowest BCUT2D eigenvalue weighted by Crippen LogP contribution is -2.55. The Bertz CT molecular complexity index is 770. The average molecular weight is 513 g/mol. The van der Waals surface area contributed by atoms with Crippen LogP contribution in [0.3, 0.4) is 0 Å². The van der Waals surface area contributed by atoms with Gasteiger partial charge in [-0.2, -0.15) is 0 Å². The molecule has 0 saturated carbocycles. The summed E-state index contributed by atoms with van der Waals surface area (Å²) in [6.07, 6.45) is 0.320. The van der Waals surface area contributed by atoms with Gasteiger partial charge in [-0.05, 0) is 32.6 Å². The van der Waals surface area contributed by atoms with Gasteiger partial charge in [0.25, 0.3) is 0 Å². The number of nitrogens with zero attached hydrogens (tertiary/aromatic N) is 1. The summed E-state index contributed by atoms with van der Waals surface area (Å²) in [5.74, 6) is -1.64. The second-order valence-corrected chi connectivity index (χ2v) is 10.1. The molecular weight excluding hydrogens is 468 g/mol. The first-order valence-electron chi connectivity index (χ1n) is 12.7. The number of amides is 5. The molecule has 1 fully saturated rings. The summed E-state index contributed by atoms with van der Waals surface area (Å²) in [5.41, 5.74) is 0. The van der Waals surface area contributed by atoms with Gasteiger partial charge in [-0.1, -0.05) is 27.7 Å². The molecule has 0 bridgehead atoms. The molecule has 2 unspecified atom stereocenters. The molecule has 3 atom stereocenters. The van der Waals surface area contributed by atoms with Gasteiger partial charge in [0.1, 0.15) is 12.1 Å². The maximum Gasteiger partial charge on any atom is 0.243 e. The van der Waals surface area contributed by atoms with Crippen LogP contribution in [-0.2, 0) is 33.4 Å². The maximum atomic E-state index is 12.6. The zero-order valence-electron chi connectivity index (χ0n) is 22.7. The minimum absolute atomic E-state index is 0.0428. The molecule has 206 valence electrons. The van der Waals surface area contributed by atoms with E-state index < -0.39 is 18.0 Å². The summed E-state index contributed by atoms with van der Waals surface area (Å²) >= 11 is 0. The van der Waals surface area contributed by atoms with Gasteiger partial charge in [-0.3, -0.25) is 28.9 Å². The smallest absolute Gasteiger partial charge is 0.243 e. The molecule has 1 rings (SSSR count). The van der Waals surface area contributed by atoms with E-state index in [1.165, 1.54) is 4.90 Å². The number of carbonyl (C=O) groups excluding carboxylic acids is 5. The van der Waals surface area contributed by atoms with E-state index in [0.29, 0.717) is 0 Å². The van der Waals surface area contributed by atoms with Gasteiger partial charge in [0, 0.05) is 24.8 Å². The fraction of sp³-hybridized carbons (Fsp3) is 0.800. The van der Waals surface area contributed by atoms with Crippen LogP contribution in [0.2, 0.25) is 0 Å². The zero-order valence-corrected chi connectivity index (χ0v) is 22.7. The van der Waals surface area contributed by atoms with Crippen molar-refractivity contribution in [3.8, 4) is 0 Å². The van der Waals surface area contributed by atoms with Gasteiger partial charge in [0.15, 0.2) is 0 Å². The first kappa shape index (κ1) is 31.5. The van der Waals surface area contributed by atoms with Gasteiger partial charge < -0.3 is 25.4 Å². The van der Waals surface area contributed by atoms with Crippen molar-refractivity contribution in [1.82, 2.24) is 20.9 Å². The van der Waals surface area contributed by atoms with Gasteiger partial charge in [-0.25, -0.2) is 0 Å². The molecule has 1 aliphatic heterocycles. The second-order valence-electron chi connectivity index (χ2n) is 10.1. The highest BCUT2D eigenvalue weighted by atomic mass is 16.5. The molecule has 3 N–H and O–H groups in total. The van der Waals surface area contributed by atoms with Crippen molar-refractivity contribution in [2.45, 2.75) is 79.4 Å². The van der Waals surface area contributed by atoms with Crippen molar-refractivity contribution in [3.05, 3.63) is 0 Å². The van der Waals surface area contributed by atoms with Crippen molar-refractivity contribution in [1.29, 1.82) is 0 Å². The molecule has 36 heavy (non-hydrogen) atoms. The van der Waals surface area contributed by atoms with E-state index in [0.717, 1.165) is 0 Å². The number of hydrogen-bond acceptors (Lipinski definition) is 7. The molecule has 0 aromatic rings. The molecule has 5 amide bonds. The zero-order chi connectivity index (χ0) is 27.4. The van der Waals surface area contributed by atoms with Gasteiger partial charge in [0.05, 0.1) is 33.0 Å². The number of ether oxygens (including phenoxy) is 2. The Morgan fingerprint density at radius 3 is 2.00 bits per heavy atom. The number of carbonyl (C=O) groups is 5. The Labute approximate surface area is 214 Å². The standard InChI is InChI=1S/C25H44N4O7/c1-15(2)19-14-21(31)29(25(19)34)9-11-36-13-12-35-10-8-20(30)28-22(16(3)4)24(33)27-18(7)23(32)26-17(5)6/h15-19,22H,8-14H2,1-7H3,(H,26,32)(H,27,33)(H,28,30)/t18-,19?,22?/m0/s1. The van der Waals surface area contributed by atoms with E-state index in [1.807, 2.05) is 41.5 Å². The molecule has 11 nitrogen and oxygen atoms in total. The molecule has 11 heteroatoms. The highest BCUT2D eigenvalue weighted by Crippen LogP contribution is 2.25. The molecule has 0 aromatic carbocycles. The van der Waals surface area contributed by atoms with Crippen LogP contribution in [0.1, 0.15) is 61.3 Å². The summed E-state index contributed by atoms with van der Waals surface area (Å²) in [6, 6.07) is -1.54. The van der Waals surface area contributed by atoms with E-state index >= 15 is 0 Å². The third-order valence-corrected chi connectivity index (χ3v) is 5.84. The molecule has 0 aromatic heterocycles. The molecular formula is C25H44N4O7. The Kier molecular flexibility index (Phi) is 13.6. The number of nitrogens with one attached hydrogen (secondary N) is 3. The van der Waals surface area contributed by atoms with Crippen LogP contribution in [0.25, 0.3) is 0 Å². The molecule has 0 aliphatic carbocycles. The summed E-state index contributed by atoms with van der Waals surface area (Å²) in [6.45, 7) is 13.8. The van der Waals surface area contributed by atoms with Crippen LogP contribution in [0.4, 0.5) is 0 Å². The Balaban J connectivity index is 2.26. The molecule has 1 aliphatic rings. The fourth-order valence-corrected chi connectivity index (χ4v) is 3.67. The van der Waals surface area contributed by atoms with E-state index in [2.05, 4.69) is 16.0 Å². The SMILES string of the molecule is CC(C)NC(=O)[C@H](C)NC(=O)C(NC(=O)CCOCCOCCN1C(=O)CC(C(C)C)C1=O)C(C)C. The fourth-order valence-electron chi connectivity index (χ4n) is 3.67. The summed E-state index contributed by atoms with van der Waals surface area (Å²) in [7, 11) is 0. The minimum Gasteiger partial charge on any atom is -0.379 e. The monoisotopic (exact) mass is 512 g/mol. The number of likely N-dealkylation sites (tertiary alicyclic amines) is 1. The first-order chi connectivity index (χ1) is 16.8. The van der Waals surface area contributed by atoms with Crippen LogP contribution < -0.4 is 16.0 Å². The van der Waals surface area contributed by atoms with Crippen LogP contribution in [0.15, 0.2) is 0 Å². The third kappa shape index (κ3) is 10.6. The van der Waals surface area contributed by atoms with Crippen LogP contribution in [0, 0.1) is 17.8 Å². The van der Waals surface area contributed by atoms with E-state index in [-0.39, 0.29) is 93.2 Å². The molecule has 1 heterocycles. The Morgan fingerprint density at radius 1 is 0.861 bits per heavy atom. The van der Waals surface area contributed by atoms with E-state index in [1.54, 1.807) is 6.92 Å². The Morgan fingerprint density at radius 2 is 1.47 bits per heavy atom. The number of hydrogen-bond donors (Lipinski definition) is 3. The topological polar surface area (TPSA) is 143 Å². The Hall–Kier alpha value is -2.53. The predicted octanol–water partition coefficient (Wildman–Crippen LogP) is 0.611. The highest BCUT2D eigenvalue weighted by molar-refractivity contribution is 6.03. The van der Waals surface area contributed by atoms with Crippen LogP contribution in [0.5, 0.6) is 0 Å². The summed E-state index contributed by atoms with van der Waals surface area (Å²) < 4.78 is 10.9. The quantitative estimate of drug-likeness (QED) is 0.203. The molecule has 0 spiro atoms. The molecule has 1 saturated heterocycles. The summed E-state index contributed by atoms with van der Waals surface area (Å²) in [4.78, 5) is 62.4. The van der Waals surface area contributed by atoms with Crippen LogP contribution in [-0.4, -0.2) is 85.5 Å². The van der Waals surface area contributed by atoms with Crippen molar-refractivity contribution in [2.24, 2.45) is 17.8 Å². The van der Waals surface area contributed by atoms with Gasteiger partial charge >= 0.3 is 0 Å². The first-order valence-corrected chi connectivity index (χ1v) is 12.7. The normalized spacial score (nSPS) is 17.6. The van der Waals surface area contributed by atoms with Crippen molar-refractivity contribution in [2.75, 3.05) is 33.0 Å². The lowest BCUT2D eigenvalue weighted by Gasteiger charge is -2.24. The van der Waals surface area contributed by atoms with E-state index in [4.69, 9.17) is 9.47 Å². The van der Waals surface area contributed by atoms with Gasteiger partial charge in [-0.15, -0.1) is 0 Å². The number of rotatable bonds is 16. The second kappa shape index (κ2) is 15.6. The predicted molar refractivity (Wildman–Crippen MR) is 134 cm³/mol. The lowest BCUT2D eigenvalue weighted by atomic mass is 9.94. The largest absolute Gasteiger partial charge is 0.379 e. The minimum atomic E-state index is -0.776. The number of imide groups is 1. The average Bonchev–Trinajstić information content (AvgIpc) is 3.06. The summed E-state index contributed by atoms with van der Waals surface area (Å²) in [5, 5.41) is 8.08. The lowest BCUT2D eigenvalue weighted by molar-refractivity contribution is -0.140. The third-order valence-electron chi connectivity index (χ3n) is 5.84. The van der Waals surface area contributed by atoms with Crippen LogP contribution >= 0.6 is 0 Å². The van der Waals surface area contributed by atoms with Crippen molar-refractivity contribution in [3.63, 3.8) is 0 Å². The molecule has 0 radical (unpaired) electrons.